The number of likely N-dealkylation sites (N-methyl/N-ethyl adjacent to an activating group) is 1. The van der Waals surface area contributed by atoms with Gasteiger partial charge in [-0.1, -0.05) is 31.2 Å². The van der Waals surface area contributed by atoms with Crippen molar-refractivity contribution < 1.29 is 32.7 Å². The Morgan fingerprint density at radius 1 is 1.00 bits per heavy atom. The van der Waals surface area contributed by atoms with Gasteiger partial charge in [0.15, 0.2) is 0 Å². The van der Waals surface area contributed by atoms with E-state index < -0.39 is 29.8 Å². The van der Waals surface area contributed by atoms with E-state index in [1.165, 1.54) is 13.2 Å². The molecule has 1 fully saturated rings. The van der Waals surface area contributed by atoms with Crippen LogP contribution in [-0.2, 0) is 31.6 Å². The van der Waals surface area contributed by atoms with Gasteiger partial charge >= 0.3 is 5.92 Å². The first-order valence-corrected chi connectivity index (χ1v) is 13.0. The van der Waals surface area contributed by atoms with Crippen LogP contribution in [0.15, 0.2) is 48.3 Å². The first-order valence-electron chi connectivity index (χ1n) is 13.0. The quantitative estimate of drug-likeness (QED) is 0.345. The second-order valence-corrected chi connectivity index (χ2v) is 9.42. The number of hydrogen-bond donors (Lipinski definition) is 3. The summed E-state index contributed by atoms with van der Waals surface area (Å²) in [5.41, 5.74) is 0.908. The third kappa shape index (κ3) is 8.80. The topological polar surface area (TPSA) is 133 Å². The molecule has 11 nitrogen and oxygen atoms in total. The van der Waals surface area contributed by atoms with Crippen molar-refractivity contribution in [1.82, 2.24) is 30.7 Å². The van der Waals surface area contributed by atoms with Gasteiger partial charge in [-0.3, -0.25) is 19.2 Å². The number of carbonyl (C=O) groups is 4. The molecule has 0 spiro atoms. The van der Waals surface area contributed by atoms with Gasteiger partial charge in [0.25, 0.3) is 11.8 Å². The minimum absolute atomic E-state index is 0.0805. The second-order valence-electron chi connectivity index (χ2n) is 9.42. The lowest BCUT2D eigenvalue weighted by Crippen LogP contribution is -2.49. The summed E-state index contributed by atoms with van der Waals surface area (Å²) in [4.78, 5) is 56.8. The Balaban J connectivity index is 1.55. The Morgan fingerprint density at radius 2 is 1.68 bits per heavy atom. The van der Waals surface area contributed by atoms with E-state index in [4.69, 9.17) is 4.74 Å². The summed E-state index contributed by atoms with van der Waals surface area (Å²) in [6, 6.07) is 9.11. The molecule has 3 N–H and O–H groups in total. The zero-order valence-corrected chi connectivity index (χ0v) is 23.2. The number of rotatable bonds is 11. The highest BCUT2D eigenvalue weighted by Gasteiger charge is 2.41. The number of methoxy groups -OCH3 is 1. The zero-order chi connectivity index (χ0) is 30.0. The summed E-state index contributed by atoms with van der Waals surface area (Å²) >= 11 is 0. The Kier molecular flexibility index (Phi) is 10.9. The molecule has 1 saturated heterocycles. The molecular formula is C28H34F2N6O5. The van der Waals surface area contributed by atoms with Gasteiger partial charge in [0.1, 0.15) is 5.70 Å². The number of benzene rings is 1. The van der Waals surface area contributed by atoms with Crippen LogP contribution >= 0.6 is 0 Å². The minimum Gasteiger partial charge on any atom is -0.481 e. The van der Waals surface area contributed by atoms with Crippen molar-refractivity contribution in [3.05, 3.63) is 65.0 Å². The van der Waals surface area contributed by atoms with Crippen LogP contribution in [0.5, 0.6) is 5.88 Å². The monoisotopic (exact) mass is 572 g/mol. The molecule has 0 bridgehead atoms. The smallest absolute Gasteiger partial charge is 0.351 e. The van der Waals surface area contributed by atoms with Crippen LogP contribution in [0.2, 0.25) is 0 Å². The van der Waals surface area contributed by atoms with Crippen LogP contribution in [-0.4, -0.2) is 85.3 Å². The molecule has 1 aliphatic rings. The van der Waals surface area contributed by atoms with E-state index in [0.29, 0.717) is 24.2 Å². The van der Waals surface area contributed by atoms with Gasteiger partial charge < -0.3 is 30.5 Å². The van der Waals surface area contributed by atoms with Crippen LogP contribution in [0.1, 0.15) is 30.0 Å². The number of carbonyl (C=O) groups excluding carboxylic acids is 4. The average molecular weight is 573 g/mol. The predicted molar refractivity (Wildman–Crippen MR) is 146 cm³/mol. The Bertz CT molecular complexity index is 1260. The molecule has 3 rings (SSSR count). The van der Waals surface area contributed by atoms with Gasteiger partial charge in [-0.15, -0.1) is 0 Å². The maximum absolute atomic E-state index is 14.4. The van der Waals surface area contributed by atoms with Gasteiger partial charge in [-0.05, 0) is 30.3 Å². The summed E-state index contributed by atoms with van der Waals surface area (Å²) < 4.78 is 33.6. The van der Waals surface area contributed by atoms with E-state index in [1.807, 2.05) is 12.4 Å². The van der Waals surface area contributed by atoms with Crippen molar-refractivity contribution >= 4 is 29.7 Å². The Hall–Kier alpha value is -4.39. The van der Waals surface area contributed by atoms with Crippen molar-refractivity contribution in [2.24, 2.45) is 0 Å². The molecule has 220 valence electrons. The normalized spacial score (nSPS) is 14.3. The van der Waals surface area contributed by atoms with Crippen molar-refractivity contribution in [1.29, 1.82) is 0 Å². The number of pyridine rings is 1. The molecule has 2 heterocycles. The highest BCUT2D eigenvalue weighted by atomic mass is 19.3. The van der Waals surface area contributed by atoms with Crippen LogP contribution in [0.4, 0.5) is 8.78 Å². The van der Waals surface area contributed by atoms with Crippen LogP contribution in [0.3, 0.4) is 0 Å². The van der Waals surface area contributed by atoms with Gasteiger partial charge in [-0.25, -0.2) is 4.98 Å². The third-order valence-corrected chi connectivity index (χ3v) is 6.40. The molecule has 1 aromatic carbocycles. The highest BCUT2D eigenvalue weighted by molar-refractivity contribution is 6.01. The first kappa shape index (κ1) is 31.1. The van der Waals surface area contributed by atoms with Gasteiger partial charge in [0.05, 0.1) is 13.7 Å². The van der Waals surface area contributed by atoms with Crippen molar-refractivity contribution in [2.75, 3.05) is 46.9 Å². The molecule has 0 radical (unpaired) electrons. The Morgan fingerprint density at radius 3 is 2.27 bits per heavy atom. The maximum Gasteiger partial charge on any atom is 0.351 e. The molecular weight excluding hydrogens is 538 g/mol. The predicted octanol–water partition coefficient (Wildman–Crippen LogP) is 1.26. The lowest BCUT2D eigenvalue weighted by atomic mass is 10.1. The number of nitrogens with one attached hydrogen (secondary N) is 3. The molecule has 2 aromatic rings. The summed E-state index contributed by atoms with van der Waals surface area (Å²) in [6.45, 7) is 3.74. The van der Waals surface area contributed by atoms with E-state index in [-0.39, 0.29) is 36.4 Å². The van der Waals surface area contributed by atoms with E-state index >= 15 is 0 Å². The fourth-order valence-electron chi connectivity index (χ4n) is 3.82. The van der Waals surface area contributed by atoms with Gasteiger partial charge in [0.2, 0.25) is 17.7 Å². The lowest BCUT2D eigenvalue weighted by Gasteiger charge is -2.33. The summed E-state index contributed by atoms with van der Waals surface area (Å²) in [7, 11) is 3.32. The van der Waals surface area contributed by atoms with Crippen LogP contribution in [0, 0.1) is 0 Å². The minimum atomic E-state index is -3.88. The number of piperazine rings is 1. The van der Waals surface area contributed by atoms with Gasteiger partial charge in [-0.2, -0.15) is 8.78 Å². The van der Waals surface area contributed by atoms with Crippen LogP contribution in [0.25, 0.3) is 6.08 Å². The number of ether oxygens (including phenoxy) is 1. The summed E-state index contributed by atoms with van der Waals surface area (Å²) in [5.74, 6) is -6.59. The van der Waals surface area contributed by atoms with E-state index in [0.717, 1.165) is 25.4 Å². The van der Waals surface area contributed by atoms with E-state index in [1.54, 1.807) is 42.2 Å². The van der Waals surface area contributed by atoms with Crippen molar-refractivity contribution in [3.63, 3.8) is 0 Å². The standard InChI is InChI=1S/C28H34F2N6O5/c1-4-23(37)34-22(26(39)36-13-11-35(2)12-14-36)15-19-5-7-20(8-6-19)16-31-24(38)18-33-27(40)28(29,30)21-9-10-25(41-3)32-17-21/h5-10,15,17H,4,11-14,16,18H2,1-3H3,(H,31,38)(H,33,40)(H,34,37)/b22-15+. The maximum atomic E-state index is 14.4. The second kappa shape index (κ2) is 14.3. The van der Waals surface area contributed by atoms with E-state index in [2.05, 4.69) is 20.5 Å². The molecule has 13 heteroatoms. The molecule has 1 aromatic heterocycles. The lowest BCUT2D eigenvalue weighted by molar-refractivity contribution is -0.147. The zero-order valence-electron chi connectivity index (χ0n) is 23.2. The average Bonchev–Trinajstić information content (AvgIpc) is 2.99. The number of hydrogen-bond acceptors (Lipinski definition) is 7. The molecule has 0 atom stereocenters. The number of halogens is 2. The Labute approximate surface area is 236 Å². The number of amides is 4. The summed E-state index contributed by atoms with van der Waals surface area (Å²) in [6.07, 6.45) is 2.66. The number of alkyl halides is 2. The van der Waals surface area contributed by atoms with Crippen molar-refractivity contribution in [2.45, 2.75) is 25.8 Å². The van der Waals surface area contributed by atoms with Crippen molar-refractivity contribution in [3.8, 4) is 5.88 Å². The number of aromatic nitrogens is 1. The molecule has 41 heavy (non-hydrogen) atoms. The molecule has 0 unspecified atom stereocenters. The molecule has 0 aliphatic carbocycles. The molecule has 1 aliphatic heterocycles. The highest BCUT2D eigenvalue weighted by Crippen LogP contribution is 2.28. The van der Waals surface area contributed by atoms with Gasteiger partial charge in [0, 0.05) is 57.0 Å². The molecule has 4 amide bonds. The fraction of sp³-hybridized carbons (Fsp3) is 0.393. The largest absolute Gasteiger partial charge is 0.481 e. The molecule has 0 saturated carbocycles. The fourth-order valence-corrected chi connectivity index (χ4v) is 3.82. The van der Waals surface area contributed by atoms with Crippen LogP contribution < -0.4 is 20.7 Å². The first-order chi connectivity index (χ1) is 19.5. The van der Waals surface area contributed by atoms with E-state index in [9.17, 15) is 28.0 Å². The summed E-state index contributed by atoms with van der Waals surface area (Å²) in [5, 5.41) is 7.18. The number of nitrogens with zero attached hydrogens (tertiary/aromatic N) is 3. The third-order valence-electron chi connectivity index (χ3n) is 6.40. The SMILES string of the molecule is CCC(=O)N/C(=C/c1ccc(CNC(=O)CNC(=O)C(F)(F)c2ccc(OC)nc2)cc1)C(=O)N1CCN(C)CC1.